The lowest BCUT2D eigenvalue weighted by Crippen LogP contribution is -2.46. The van der Waals surface area contributed by atoms with Crippen LogP contribution in [-0.4, -0.2) is 46.9 Å². The molecule has 0 spiro atoms. The zero-order valence-electron chi connectivity index (χ0n) is 39.4. The largest absolute Gasteiger partial charge is 0.462 e. The van der Waals surface area contributed by atoms with Gasteiger partial charge in [-0.3, -0.25) is 9.59 Å². The summed E-state index contributed by atoms with van der Waals surface area (Å²) >= 11 is 0. The highest BCUT2D eigenvalue weighted by atomic mass is 16.5. The van der Waals surface area contributed by atoms with Gasteiger partial charge in [0.2, 0.25) is 5.91 Å². The second-order valence-electron chi connectivity index (χ2n) is 17.6. The first-order valence-corrected chi connectivity index (χ1v) is 25.7. The molecule has 346 valence electrons. The summed E-state index contributed by atoms with van der Waals surface area (Å²) in [5.74, 6) is -0.512. The van der Waals surface area contributed by atoms with E-state index in [9.17, 15) is 19.8 Å². The van der Waals surface area contributed by atoms with E-state index in [-0.39, 0.29) is 24.9 Å². The van der Waals surface area contributed by atoms with E-state index in [2.05, 4.69) is 62.5 Å². The fourth-order valence-electron chi connectivity index (χ4n) is 7.77. The molecule has 3 unspecified atom stereocenters. The van der Waals surface area contributed by atoms with E-state index < -0.39 is 18.2 Å². The van der Waals surface area contributed by atoms with Crippen molar-refractivity contribution in [2.75, 3.05) is 6.61 Å². The van der Waals surface area contributed by atoms with Crippen LogP contribution in [0.5, 0.6) is 0 Å². The normalized spacial score (nSPS) is 13.5. The number of amides is 1. The van der Waals surface area contributed by atoms with Gasteiger partial charge in [-0.1, -0.05) is 211 Å². The van der Waals surface area contributed by atoms with Crippen LogP contribution in [0.3, 0.4) is 0 Å². The van der Waals surface area contributed by atoms with Crippen LogP contribution in [-0.2, 0) is 14.3 Å². The van der Waals surface area contributed by atoms with Crippen molar-refractivity contribution in [2.24, 2.45) is 0 Å². The second-order valence-corrected chi connectivity index (χ2v) is 17.6. The lowest BCUT2D eigenvalue weighted by molar-refractivity contribution is -0.151. The number of aliphatic hydroxyl groups is 2. The molecule has 3 atom stereocenters. The minimum atomic E-state index is -0.794. The van der Waals surface area contributed by atoms with Crippen LogP contribution >= 0.6 is 0 Å². The first-order chi connectivity index (χ1) is 29.0. The van der Waals surface area contributed by atoms with Crippen molar-refractivity contribution in [3.05, 3.63) is 36.5 Å². The summed E-state index contributed by atoms with van der Waals surface area (Å²) in [7, 11) is 0. The number of carbonyl (C=O) groups excluding carboxylic acids is 2. The lowest BCUT2D eigenvalue weighted by Gasteiger charge is -2.24. The molecule has 0 fully saturated rings. The molecule has 3 N–H and O–H groups in total. The Morgan fingerprint density at radius 1 is 0.492 bits per heavy atom. The number of unbranched alkanes of at least 4 members (excludes halogenated alkanes) is 29. The number of esters is 1. The van der Waals surface area contributed by atoms with Crippen molar-refractivity contribution in [3.63, 3.8) is 0 Å². The Labute approximate surface area is 366 Å². The third kappa shape index (κ3) is 42.6. The first-order valence-electron chi connectivity index (χ1n) is 25.7. The predicted octanol–water partition coefficient (Wildman–Crippen LogP) is 15.3. The van der Waals surface area contributed by atoms with Gasteiger partial charge in [0, 0.05) is 6.42 Å². The van der Waals surface area contributed by atoms with E-state index in [4.69, 9.17) is 4.74 Å². The van der Waals surface area contributed by atoms with Crippen LogP contribution < -0.4 is 5.32 Å². The van der Waals surface area contributed by atoms with E-state index in [0.717, 1.165) is 77.0 Å². The average molecular weight is 830 g/mol. The highest BCUT2D eigenvalue weighted by Crippen LogP contribution is 2.17. The Morgan fingerprint density at radius 2 is 0.864 bits per heavy atom. The molecule has 6 nitrogen and oxygen atoms in total. The Kier molecular flexibility index (Phi) is 45.6. The van der Waals surface area contributed by atoms with E-state index in [1.54, 1.807) is 0 Å². The van der Waals surface area contributed by atoms with E-state index >= 15 is 0 Å². The number of aliphatic hydroxyl groups excluding tert-OH is 2. The molecule has 0 aromatic heterocycles. The molecule has 59 heavy (non-hydrogen) atoms. The monoisotopic (exact) mass is 830 g/mol. The summed E-state index contributed by atoms with van der Waals surface area (Å²) < 4.78 is 5.91. The Morgan fingerprint density at radius 3 is 1.32 bits per heavy atom. The molecule has 0 bridgehead atoms. The van der Waals surface area contributed by atoms with Crippen LogP contribution in [0.1, 0.15) is 265 Å². The summed E-state index contributed by atoms with van der Waals surface area (Å²) in [5.41, 5.74) is 0. The van der Waals surface area contributed by atoms with Crippen molar-refractivity contribution in [1.29, 1.82) is 0 Å². The molecule has 0 aliphatic rings. The number of rotatable bonds is 46. The molecule has 0 aromatic carbocycles. The molecule has 0 aliphatic carbocycles. The fourth-order valence-corrected chi connectivity index (χ4v) is 7.77. The van der Waals surface area contributed by atoms with Crippen molar-refractivity contribution in [3.8, 4) is 0 Å². The molecule has 0 rings (SSSR count). The fraction of sp³-hybridized carbons (Fsp3) is 0.849. The van der Waals surface area contributed by atoms with Crippen molar-refractivity contribution in [2.45, 2.75) is 283 Å². The highest BCUT2D eigenvalue weighted by molar-refractivity contribution is 5.77. The minimum Gasteiger partial charge on any atom is -0.462 e. The smallest absolute Gasteiger partial charge is 0.306 e. The van der Waals surface area contributed by atoms with E-state index in [1.165, 1.54) is 141 Å². The molecule has 0 radical (unpaired) electrons. The maximum atomic E-state index is 13.2. The van der Waals surface area contributed by atoms with Gasteiger partial charge in [0.25, 0.3) is 0 Å². The quantitative estimate of drug-likeness (QED) is 0.0246. The molecular weight excluding hydrogens is 731 g/mol. The number of carbonyl (C=O) groups is 2. The molecule has 1 amide bonds. The molecule has 0 heterocycles. The van der Waals surface area contributed by atoms with Crippen LogP contribution in [0.2, 0.25) is 0 Å². The van der Waals surface area contributed by atoms with Gasteiger partial charge in [0.1, 0.15) is 6.10 Å². The zero-order chi connectivity index (χ0) is 43.1. The molecule has 6 heteroatoms. The maximum Gasteiger partial charge on any atom is 0.306 e. The standard InChI is InChI=1S/C53H99NO5/c1-4-7-10-13-16-19-22-24-26-27-28-30-32-35-38-41-44-49(59-53(58)46-43-40-37-34-31-29-25-23-20-17-14-11-8-5-2)47-52(57)54-50(48-55)51(56)45-42-39-36-33-21-18-15-12-9-6-3/h26-31,49-51,55-56H,4-25,32-48H2,1-3H3,(H,54,57)/b27-26+,30-28+,31-29-. The summed E-state index contributed by atoms with van der Waals surface area (Å²) in [6.07, 6.45) is 54.9. The SMILES string of the molecule is CCCCCCCCC/C=C\CCCCCC(=O)OC(CCCCC/C=C/C=C/CCCCCCCCC)CC(=O)NC(CO)C(O)CCCCCCCCCCCC. The highest BCUT2D eigenvalue weighted by Gasteiger charge is 2.24. The van der Waals surface area contributed by atoms with Crippen LogP contribution in [0, 0.1) is 0 Å². The number of hydrogen-bond donors (Lipinski definition) is 3. The Hall–Kier alpha value is -1.92. The molecule has 0 aliphatic heterocycles. The van der Waals surface area contributed by atoms with Gasteiger partial charge < -0.3 is 20.3 Å². The number of ether oxygens (including phenoxy) is 1. The number of nitrogens with one attached hydrogen (secondary N) is 1. The predicted molar refractivity (Wildman–Crippen MR) is 255 cm³/mol. The third-order valence-corrected chi connectivity index (χ3v) is 11.7. The topological polar surface area (TPSA) is 95.9 Å². The van der Waals surface area contributed by atoms with Gasteiger partial charge in [-0.05, 0) is 77.0 Å². The minimum absolute atomic E-state index is 0.0557. The summed E-state index contributed by atoms with van der Waals surface area (Å²) in [4.78, 5) is 26.1. The van der Waals surface area contributed by atoms with Gasteiger partial charge in [0.05, 0.1) is 25.2 Å². The molecule has 0 aromatic rings. The van der Waals surface area contributed by atoms with Crippen LogP contribution in [0.4, 0.5) is 0 Å². The van der Waals surface area contributed by atoms with Crippen molar-refractivity contribution in [1.82, 2.24) is 5.32 Å². The van der Waals surface area contributed by atoms with E-state index in [1.807, 2.05) is 0 Å². The zero-order valence-corrected chi connectivity index (χ0v) is 39.4. The third-order valence-electron chi connectivity index (χ3n) is 11.7. The number of hydrogen-bond acceptors (Lipinski definition) is 5. The van der Waals surface area contributed by atoms with Gasteiger partial charge in [-0.25, -0.2) is 0 Å². The van der Waals surface area contributed by atoms with Crippen LogP contribution in [0.15, 0.2) is 36.5 Å². The maximum absolute atomic E-state index is 13.2. The van der Waals surface area contributed by atoms with Gasteiger partial charge in [0.15, 0.2) is 0 Å². The molecular formula is C53H99NO5. The first kappa shape index (κ1) is 57.1. The van der Waals surface area contributed by atoms with Crippen molar-refractivity contribution < 1.29 is 24.5 Å². The lowest BCUT2D eigenvalue weighted by atomic mass is 10.0. The molecule has 0 saturated carbocycles. The summed E-state index contributed by atoms with van der Waals surface area (Å²) in [5, 5.41) is 23.7. The Balaban J connectivity index is 4.65. The van der Waals surface area contributed by atoms with Crippen LogP contribution in [0.25, 0.3) is 0 Å². The number of allylic oxidation sites excluding steroid dienone is 6. The summed E-state index contributed by atoms with van der Waals surface area (Å²) in [6.45, 7) is 6.46. The van der Waals surface area contributed by atoms with Gasteiger partial charge in [-0.2, -0.15) is 0 Å². The second kappa shape index (κ2) is 47.1. The van der Waals surface area contributed by atoms with Gasteiger partial charge >= 0.3 is 5.97 Å². The average Bonchev–Trinajstić information content (AvgIpc) is 3.23. The van der Waals surface area contributed by atoms with Crippen molar-refractivity contribution >= 4 is 11.9 Å². The van der Waals surface area contributed by atoms with Gasteiger partial charge in [-0.15, -0.1) is 0 Å². The Bertz CT molecular complexity index is 977. The summed E-state index contributed by atoms with van der Waals surface area (Å²) in [6, 6.07) is -0.710. The molecule has 0 saturated heterocycles. The van der Waals surface area contributed by atoms with E-state index in [0.29, 0.717) is 19.3 Å².